The van der Waals surface area contributed by atoms with Crippen LogP contribution in [-0.2, 0) is 5.41 Å². The van der Waals surface area contributed by atoms with Crippen LogP contribution in [0.3, 0.4) is 0 Å². The van der Waals surface area contributed by atoms with E-state index in [0.29, 0.717) is 0 Å². The molecule has 1 atom stereocenters. The van der Waals surface area contributed by atoms with Gasteiger partial charge < -0.3 is 9.84 Å². The van der Waals surface area contributed by atoms with Crippen molar-refractivity contribution < 1.29 is 4.52 Å². The molecular weight excluding hydrogens is 166 g/mol. The Morgan fingerprint density at radius 1 is 1.69 bits per heavy atom. The van der Waals surface area contributed by atoms with Gasteiger partial charge in [0.05, 0.1) is 5.41 Å². The van der Waals surface area contributed by atoms with E-state index in [9.17, 15) is 0 Å². The normalized spacial score (nSPS) is 28.1. The second-order valence-electron chi connectivity index (χ2n) is 3.70. The van der Waals surface area contributed by atoms with Crippen LogP contribution in [-0.4, -0.2) is 23.2 Å². The zero-order valence-electron chi connectivity index (χ0n) is 7.92. The van der Waals surface area contributed by atoms with Crippen LogP contribution in [0.2, 0.25) is 0 Å². The maximum absolute atomic E-state index is 5.17. The van der Waals surface area contributed by atoms with Crippen molar-refractivity contribution in [2.45, 2.75) is 31.6 Å². The summed E-state index contributed by atoms with van der Waals surface area (Å²) in [6, 6.07) is 0. The molecule has 1 aromatic rings. The molecule has 1 unspecified atom stereocenters. The molecule has 0 saturated carbocycles. The highest BCUT2D eigenvalue weighted by Gasteiger charge is 2.39. The summed E-state index contributed by atoms with van der Waals surface area (Å²) in [4.78, 5) is 4.17. The lowest BCUT2D eigenvalue weighted by atomic mass is 9.82. The van der Waals surface area contributed by atoms with Gasteiger partial charge >= 0.3 is 0 Å². The Labute approximate surface area is 77.7 Å². The maximum atomic E-state index is 5.17. The van der Waals surface area contributed by atoms with Gasteiger partial charge in [0.1, 0.15) is 0 Å². The van der Waals surface area contributed by atoms with Crippen molar-refractivity contribution in [1.82, 2.24) is 15.5 Å². The molecule has 2 rings (SSSR count). The number of aromatic nitrogens is 2. The minimum absolute atomic E-state index is 0.116. The predicted octanol–water partition coefficient (Wildman–Crippen LogP) is 1.10. The van der Waals surface area contributed by atoms with Crippen molar-refractivity contribution in [2.24, 2.45) is 0 Å². The molecule has 1 aliphatic rings. The van der Waals surface area contributed by atoms with E-state index < -0.39 is 0 Å². The number of rotatable bonds is 3. The Bertz CT molecular complexity index is 252. The molecule has 13 heavy (non-hydrogen) atoms. The molecule has 1 aromatic heterocycles. The zero-order chi connectivity index (χ0) is 9.15. The second kappa shape index (κ2) is 3.46. The Hall–Kier alpha value is -0.900. The smallest absolute Gasteiger partial charge is 0.233 e. The molecule has 0 aliphatic carbocycles. The van der Waals surface area contributed by atoms with Crippen LogP contribution in [0.4, 0.5) is 0 Å². The highest BCUT2D eigenvalue weighted by molar-refractivity contribution is 5.08. The molecule has 72 valence electrons. The number of hydrogen-bond donors (Lipinski definition) is 1. The fraction of sp³-hybridized carbons (Fsp3) is 0.778. The standard InChI is InChI=1S/C9H15N3O/c1-2-3-9(4-5-10-6-9)8-11-7-12-13-8/h7,10H,2-6H2,1H3. The van der Waals surface area contributed by atoms with Gasteiger partial charge in [-0.2, -0.15) is 4.98 Å². The van der Waals surface area contributed by atoms with Gasteiger partial charge in [0, 0.05) is 6.54 Å². The lowest BCUT2D eigenvalue weighted by molar-refractivity contribution is 0.276. The van der Waals surface area contributed by atoms with E-state index in [1.54, 1.807) is 0 Å². The highest BCUT2D eigenvalue weighted by Crippen LogP contribution is 2.33. The first kappa shape index (κ1) is 8.69. The van der Waals surface area contributed by atoms with Gasteiger partial charge in [-0.1, -0.05) is 18.5 Å². The van der Waals surface area contributed by atoms with Crippen LogP contribution in [0, 0.1) is 0 Å². The third-order valence-corrected chi connectivity index (χ3v) is 2.79. The molecule has 1 aliphatic heterocycles. The van der Waals surface area contributed by atoms with Crippen molar-refractivity contribution in [1.29, 1.82) is 0 Å². The topological polar surface area (TPSA) is 51.0 Å². The SMILES string of the molecule is CCCC1(c2ncno2)CCNC1. The largest absolute Gasteiger partial charge is 0.339 e. The predicted molar refractivity (Wildman–Crippen MR) is 48.4 cm³/mol. The molecule has 1 saturated heterocycles. The molecular formula is C9H15N3O. The average Bonchev–Trinajstić information content (AvgIpc) is 2.73. The van der Waals surface area contributed by atoms with Gasteiger partial charge in [-0.3, -0.25) is 0 Å². The van der Waals surface area contributed by atoms with Crippen molar-refractivity contribution >= 4 is 0 Å². The van der Waals surface area contributed by atoms with Crippen LogP contribution in [0.1, 0.15) is 32.1 Å². The van der Waals surface area contributed by atoms with Gasteiger partial charge in [-0.25, -0.2) is 0 Å². The summed E-state index contributed by atoms with van der Waals surface area (Å²) in [5.74, 6) is 0.805. The van der Waals surface area contributed by atoms with E-state index in [1.165, 1.54) is 6.33 Å². The van der Waals surface area contributed by atoms with E-state index in [1.807, 2.05) is 0 Å². The number of nitrogens with zero attached hydrogens (tertiary/aromatic N) is 2. The zero-order valence-corrected chi connectivity index (χ0v) is 7.92. The summed E-state index contributed by atoms with van der Waals surface area (Å²) in [5, 5.41) is 7.04. The first-order chi connectivity index (χ1) is 6.37. The van der Waals surface area contributed by atoms with Gasteiger partial charge in [0.2, 0.25) is 5.89 Å². The van der Waals surface area contributed by atoms with Crippen LogP contribution in [0.15, 0.2) is 10.9 Å². The van der Waals surface area contributed by atoms with E-state index in [0.717, 1.165) is 38.2 Å². The molecule has 0 radical (unpaired) electrons. The lowest BCUT2D eigenvalue weighted by Gasteiger charge is -2.22. The van der Waals surface area contributed by atoms with Crippen molar-refractivity contribution in [3.63, 3.8) is 0 Å². The summed E-state index contributed by atoms with van der Waals surface area (Å²) in [6.45, 7) is 4.22. The minimum Gasteiger partial charge on any atom is -0.339 e. The van der Waals surface area contributed by atoms with Crippen LogP contribution < -0.4 is 5.32 Å². The molecule has 0 aromatic carbocycles. The quantitative estimate of drug-likeness (QED) is 0.758. The molecule has 4 heteroatoms. The van der Waals surface area contributed by atoms with E-state index in [4.69, 9.17) is 4.52 Å². The first-order valence-electron chi connectivity index (χ1n) is 4.85. The number of nitrogens with one attached hydrogen (secondary N) is 1. The first-order valence-corrected chi connectivity index (χ1v) is 4.85. The van der Waals surface area contributed by atoms with Crippen molar-refractivity contribution in [2.75, 3.05) is 13.1 Å². The van der Waals surface area contributed by atoms with E-state index in [-0.39, 0.29) is 5.41 Å². The third kappa shape index (κ3) is 1.46. The van der Waals surface area contributed by atoms with E-state index in [2.05, 4.69) is 22.4 Å². The molecule has 1 N–H and O–H groups in total. The highest BCUT2D eigenvalue weighted by atomic mass is 16.5. The molecule has 0 bridgehead atoms. The molecule has 0 spiro atoms. The molecule has 0 amide bonds. The van der Waals surface area contributed by atoms with Gasteiger partial charge in [-0.15, -0.1) is 0 Å². The monoisotopic (exact) mass is 181 g/mol. The Balaban J connectivity index is 2.22. The Morgan fingerprint density at radius 2 is 2.62 bits per heavy atom. The Morgan fingerprint density at radius 3 is 3.15 bits per heavy atom. The minimum atomic E-state index is 0.116. The molecule has 2 heterocycles. The summed E-state index contributed by atoms with van der Waals surface area (Å²) in [7, 11) is 0. The number of hydrogen-bond acceptors (Lipinski definition) is 4. The lowest BCUT2D eigenvalue weighted by Crippen LogP contribution is -2.29. The van der Waals surface area contributed by atoms with Crippen molar-refractivity contribution in [3.05, 3.63) is 12.2 Å². The fourth-order valence-electron chi connectivity index (χ4n) is 2.13. The van der Waals surface area contributed by atoms with Crippen LogP contribution in [0.25, 0.3) is 0 Å². The fourth-order valence-corrected chi connectivity index (χ4v) is 2.13. The summed E-state index contributed by atoms with van der Waals surface area (Å²) < 4.78 is 5.17. The van der Waals surface area contributed by atoms with Gasteiger partial charge in [0.15, 0.2) is 6.33 Å². The molecule has 4 nitrogen and oxygen atoms in total. The summed E-state index contributed by atoms with van der Waals surface area (Å²) in [5.41, 5.74) is 0.116. The average molecular weight is 181 g/mol. The summed E-state index contributed by atoms with van der Waals surface area (Å²) >= 11 is 0. The molecule has 1 fully saturated rings. The maximum Gasteiger partial charge on any atom is 0.233 e. The van der Waals surface area contributed by atoms with Crippen molar-refractivity contribution in [3.8, 4) is 0 Å². The van der Waals surface area contributed by atoms with Crippen LogP contribution in [0.5, 0.6) is 0 Å². The van der Waals surface area contributed by atoms with E-state index >= 15 is 0 Å². The van der Waals surface area contributed by atoms with Gasteiger partial charge in [0.25, 0.3) is 0 Å². The second-order valence-corrected chi connectivity index (χ2v) is 3.70. The third-order valence-electron chi connectivity index (χ3n) is 2.79. The van der Waals surface area contributed by atoms with Crippen LogP contribution >= 0.6 is 0 Å². The summed E-state index contributed by atoms with van der Waals surface area (Å²) in [6.07, 6.45) is 4.89. The van der Waals surface area contributed by atoms with Gasteiger partial charge in [-0.05, 0) is 19.4 Å². The Kier molecular flexibility index (Phi) is 2.31.